The zero-order valence-corrected chi connectivity index (χ0v) is 10.7. The maximum Gasteiger partial charge on any atom is 0.331 e. The average molecular weight is 274 g/mol. The van der Waals surface area contributed by atoms with E-state index < -0.39 is 43.0 Å². The molecule has 0 fully saturated rings. The Morgan fingerprint density at radius 2 is 1.42 bits per heavy atom. The summed E-state index contributed by atoms with van der Waals surface area (Å²) in [5.41, 5.74) is -3.86. The van der Waals surface area contributed by atoms with E-state index in [-0.39, 0.29) is 0 Å². The van der Waals surface area contributed by atoms with Gasteiger partial charge in [-0.25, -0.2) is 9.59 Å². The highest BCUT2D eigenvalue weighted by atomic mass is 16.6. The second kappa shape index (κ2) is 7.03. The molecular weight excluding hydrogens is 256 g/mol. The molecule has 0 aliphatic rings. The summed E-state index contributed by atoms with van der Waals surface area (Å²) in [6.45, 7) is 5.03. The highest BCUT2D eigenvalue weighted by Crippen LogP contribution is 2.30. The number of carbonyl (C=O) groups excluding carboxylic acids is 2. The van der Waals surface area contributed by atoms with Gasteiger partial charge in [0.15, 0.2) is 11.2 Å². The summed E-state index contributed by atoms with van der Waals surface area (Å²) in [6, 6.07) is 0. The van der Waals surface area contributed by atoms with Crippen LogP contribution in [0.2, 0.25) is 0 Å². The van der Waals surface area contributed by atoms with Crippen LogP contribution in [0.3, 0.4) is 0 Å². The van der Waals surface area contributed by atoms with Crippen LogP contribution in [0.1, 0.15) is 6.92 Å². The van der Waals surface area contributed by atoms with Gasteiger partial charge in [-0.3, -0.25) is 0 Å². The van der Waals surface area contributed by atoms with Crippen LogP contribution in [-0.2, 0) is 19.1 Å². The molecule has 0 saturated heterocycles. The Morgan fingerprint density at radius 3 is 1.74 bits per heavy atom. The van der Waals surface area contributed by atoms with Crippen LogP contribution < -0.4 is 0 Å². The van der Waals surface area contributed by atoms with Gasteiger partial charge in [0.1, 0.15) is 0 Å². The number of aliphatic hydroxyl groups is 3. The molecule has 0 aliphatic heterocycles. The fourth-order valence-corrected chi connectivity index (χ4v) is 1.32. The van der Waals surface area contributed by atoms with Crippen molar-refractivity contribution < 1.29 is 34.4 Å². The van der Waals surface area contributed by atoms with E-state index >= 15 is 0 Å². The first-order valence-corrected chi connectivity index (χ1v) is 5.38. The molecule has 1 atom stereocenters. The zero-order valence-electron chi connectivity index (χ0n) is 10.7. The number of carbonyl (C=O) groups is 2. The molecule has 3 N–H and O–H groups in total. The molecular formula is C12H18O7. The zero-order chi connectivity index (χ0) is 15.1. The predicted molar refractivity (Wildman–Crippen MR) is 65.0 cm³/mol. The summed E-state index contributed by atoms with van der Waals surface area (Å²) in [7, 11) is 0. The predicted octanol–water partition coefficient (Wildman–Crippen LogP) is -1.08. The van der Waals surface area contributed by atoms with Crippen molar-refractivity contribution in [2.75, 3.05) is 19.8 Å². The lowest BCUT2D eigenvalue weighted by Crippen LogP contribution is -2.63. The number of aliphatic hydroxyl groups excluding tert-OH is 3. The minimum absolute atomic E-state index is 0.794. The lowest BCUT2D eigenvalue weighted by Gasteiger charge is -2.43. The quantitative estimate of drug-likeness (QED) is 0.381. The van der Waals surface area contributed by atoms with Crippen molar-refractivity contribution in [2.45, 2.75) is 18.1 Å². The summed E-state index contributed by atoms with van der Waals surface area (Å²) >= 11 is 0. The Labute approximate surface area is 110 Å². The third-order valence-corrected chi connectivity index (χ3v) is 2.73. The third kappa shape index (κ3) is 3.63. The monoisotopic (exact) mass is 274 g/mol. The molecule has 19 heavy (non-hydrogen) atoms. The van der Waals surface area contributed by atoms with Crippen LogP contribution in [-0.4, -0.2) is 58.3 Å². The van der Waals surface area contributed by atoms with Crippen molar-refractivity contribution in [3.8, 4) is 0 Å². The number of esters is 2. The van der Waals surface area contributed by atoms with Crippen LogP contribution in [0.15, 0.2) is 25.3 Å². The lowest BCUT2D eigenvalue weighted by atomic mass is 9.85. The maximum atomic E-state index is 11.3. The van der Waals surface area contributed by atoms with Crippen molar-refractivity contribution >= 4 is 11.9 Å². The molecule has 0 spiro atoms. The molecule has 0 aliphatic carbocycles. The number of hydrogen-bond donors (Lipinski definition) is 3. The number of rotatable bonds is 8. The van der Waals surface area contributed by atoms with Gasteiger partial charge in [0, 0.05) is 12.2 Å². The van der Waals surface area contributed by atoms with Gasteiger partial charge in [-0.2, -0.15) is 0 Å². The van der Waals surface area contributed by atoms with Crippen molar-refractivity contribution in [1.29, 1.82) is 0 Å². The molecule has 0 bridgehead atoms. The van der Waals surface area contributed by atoms with Gasteiger partial charge in [0.25, 0.3) is 0 Å². The van der Waals surface area contributed by atoms with E-state index in [9.17, 15) is 24.9 Å². The van der Waals surface area contributed by atoms with Crippen LogP contribution in [0, 0.1) is 0 Å². The van der Waals surface area contributed by atoms with Gasteiger partial charge in [-0.15, -0.1) is 0 Å². The highest BCUT2D eigenvalue weighted by Gasteiger charge is 2.54. The van der Waals surface area contributed by atoms with Crippen LogP contribution in [0.25, 0.3) is 0 Å². The molecule has 0 aromatic heterocycles. The van der Waals surface area contributed by atoms with Crippen LogP contribution in [0.5, 0.6) is 0 Å². The maximum absolute atomic E-state index is 11.3. The van der Waals surface area contributed by atoms with E-state index in [1.165, 1.54) is 6.92 Å². The van der Waals surface area contributed by atoms with Gasteiger partial charge in [0.05, 0.1) is 19.8 Å². The standard InChI is InChI=1S/C12H18O7/c1-4-9(16)18-11(3,6-13)12(7-14,8-15)19-10(17)5-2/h4-5,13-15H,1-2,6-8H2,3H3. The largest absolute Gasteiger partial charge is 0.449 e. The Kier molecular flexibility index (Phi) is 6.40. The molecule has 0 radical (unpaired) electrons. The lowest BCUT2D eigenvalue weighted by molar-refractivity contribution is -0.231. The summed E-state index contributed by atoms with van der Waals surface area (Å²) in [6.07, 6.45) is 1.65. The third-order valence-electron chi connectivity index (χ3n) is 2.73. The summed E-state index contributed by atoms with van der Waals surface area (Å²) in [5.74, 6) is -1.85. The molecule has 0 aromatic carbocycles. The Bertz CT molecular complexity index is 359. The SMILES string of the molecule is C=CC(=O)OC(C)(CO)C(CO)(CO)OC(=O)C=C. The van der Waals surface area contributed by atoms with E-state index in [1.807, 2.05) is 0 Å². The second-order valence-electron chi connectivity index (χ2n) is 3.95. The van der Waals surface area contributed by atoms with E-state index in [2.05, 4.69) is 13.2 Å². The van der Waals surface area contributed by atoms with Crippen molar-refractivity contribution in [3.05, 3.63) is 25.3 Å². The number of ether oxygens (including phenoxy) is 2. The minimum atomic E-state index is -2.01. The Morgan fingerprint density at radius 1 is 1.00 bits per heavy atom. The topological polar surface area (TPSA) is 113 Å². The van der Waals surface area contributed by atoms with Crippen LogP contribution >= 0.6 is 0 Å². The Balaban J connectivity index is 5.50. The van der Waals surface area contributed by atoms with E-state index in [0.717, 1.165) is 12.2 Å². The van der Waals surface area contributed by atoms with Crippen LogP contribution in [0.4, 0.5) is 0 Å². The molecule has 0 aromatic rings. The van der Waals surface area contributed by atoms with Gasteiger partial charge < -0.3 is 24.8 Å². The normalized spacial score (nSPS) is 14.1. The van der Waals surface area contributed by atoms with Gasteiger partial charge in [0.2, 0.25) is 0 Å². The first kappa shape index (κ1) is 17.3. The molecule has 0 heterocycles. The fraction of sp³-hybridized carbons (Fsp3) is 0.500. The molecule has 7 heteroatoms. The Hall–Kier alpha value is -1.70. The van der Waals surface area contributed by atoms with Gasteiger partial charge in [-0.05, 0) is 6.92 Å². The first-order valence-electron chi connectivity index (χ1n) is 5.38. The van der Waals surface area contributed by atoms with E-state index in [0.29, 0.717) is 0 Å². The molecule has 108 valence electrons. The second-order valence-corrected chi connectivity index (χ2v) is 3.95. The van der Waals surface area contributed by atoms with Crippen molar-refractivity contribution in [1.82, 2.24) is 0 Å². The summed E-state index contributed by atoms with van der Waals surface area (Å²) in [4.78, 5) is 22.5. The smallest absolute Gasteiger partial charge is 0.331 e. The molecule has 7 nitrogen and oxygen atoms in total. The number of hydrogen-bond acceptors (Lipinski definition) is 7. The average Bonchev–Trinajstić information content (AvgIpc) is 2.43. The first-order chi connectivity index (χ1) is 8.84. The summed E-state index contributed by atoms with van der Waals surface area (Å²) in [5, 5.41) is 28.1. The molecule has 0 amide bonds. The van der Waals surface area contributed by atoms with Gasteiger partial charge in [-0.1, -0.05) is 13.2 Å². The van der Waals surface area contributed by atoms with E-state index in [1.54, 1.807) is 0 Å². The fourth-order valence-electron chi connectivity index (χ4n) is 1.32. The van der Waals surface area contributed by atoms with Crippen molar-refractivity contribution in [2.24, 2.45) is 0 Å². The molecule has 0 saturated carbocycles. The highest BCUT2D eigenvalue weighted by molar-refractivity contribution is 5.83. The van der Waals surface area contributed by atoms with Crippen molar-refractivity contribution in [3.63, 3.8) is 0 Å². The minimum Gasteiger partial charge on any atom is -0.449 e. The molecule has 0 rings (SSSR count). The summed E-state index contributed by atoms with van der Waals surface area (Å²) < 4.78 is 9.75. The van der Waals surface area contributed by atoms with E-state index in [4.69, 9.17) is 9.47 Å². The van der Waals surface area contributed by atoms with Gasteiger partial charge >= 0.3 is 11.9 Å². The molecule has 1 unspecified atom stereocenters.